The second-order valence-corrected chi connectivity index (χ2v) is 6.50. The van der Waals surface area contributed by atoms with Crippen LogP contribution in [0.5, 0.6) is 0 Å². The predicted molar refractivity (Wildman–Crippen MR) is 108 cm³/mol. The van der Waals surface area contributed by atoms with Crippen LogP contribution in [0, 0.1) is 13.8 Å². The summed E-state index contributed by atoms with van der Waals surface area (Å²) in [7, 11) is 0. The number of benzene rings is 3. The molecule has 3 aromatic carbocycles. The minimum atomic E-state index is 0.890. The Labute approximate surface area is 154 Å². The molecule has 4 rings (SSSR count). The van der Waals surface area contributed by atoms with E-state index in [1.54, 1.807) is 0 Å². The number of nitrogens with zero attached hydrogens (tertiary/aromatic N) is 2. The van der Waals surface area contributed by atoms with Crippen molar-refractivity contribution in [3.63, 3.8) is 0 Å². The quantitative estimate of drug-likeness (QED) is 0.452. The number of aryl methyl sites for hydroxylation is 2. The highest BCUT2D eigenvalue weighted by molar-refractivity contribution is 5.81. The Kier molecular flexibility index (Phi) is 4.32. The third-order valence-electron chi connectivity index (χ3n) is 4.57. The van der Waals surface area contributed by atoms with Gasteiger partial charge in [0.25, 0.3) is 0 Å². The average molecular weight is 336 g/mol. The van der Waals surface area contributed by atoms with Crippen LogP contribution in [0.3, 0.4) is 0 Å². The molecule has 2 nitrogen and oxygen atoms in total. The smallest absolute Gasteiger partial charge is 0.0972 e. The van der Waals surface area contributed by atoms with E-state index in [2.05, 4.69) is 68.4 Å². The van der Waals surface area contributed by atoms with Crippen LogP contribution in [-0.4, -0.2) is 9.97 Å². The SMILES string of the molecule is Cc1ccc(-c2cnc(-c3ccccc3C)c(-c3ccccc3)n2)cc1. The van der Waals surface area contributed by atoms with Crippen molar-refractivity contribution in [1.29, 1.82) is 0 Å². The summed E-state index contributed by atoms with van der Waals surface area (Å²) in [6, 6.07) is 27.0. The lowest BCUT2D eigenvalue weighted by Crippen LogP contribution is -1.97. The van der Waals surface area contributed by atoms with Crippen LogP contribution in [0.2, 0.25) is 0 Å². The molecule has 2 heteroatoms. The van der Waals surface area contributed by atoms with Gasteiger partial charge in [0.15, 0.2) is 0 Å². The van der Waals surface area contributed by atoms with E-state index in [1.165, 1.54) is 11.1 Å². The molecule has 0 radical (unpaired) electrons. The van der Waals surface area contributed by atoms with Crippen molar-refractivity contribution in [2.24, 2.45) is 0 Å². The number of aromatic nitrogens is 2. The molecule has 4 aromatic rings. The lowest BCUT2D eigenvalue weighted by atomic mass is 10.00. The topological polar surface area (TPSA) is 25.8 Å². The van der Waals surface area contributed by atoms with Gasteiger partial charge in [-0.1, -0.05) is 84.4 Å². The molecule has 0 aliphatic heterocycles. The van der Waals surface area contributed by atoms with Crippen LogP contribution in [0.1, 0.15) is 11.1 Å². The molecule has 0 aliphatic carbocycles. The molecule has 0 aliphatic rings. The van der Waals surface area contributed by atoms with E-state index in [0.717, 1.165) is 33.8 Å². The summed E-state index contributed by atoms with van der Waals surface area (Å²) in [5, 5.41) is 0. The molecule has 0 spiro atoms. The Morgan fingerprint density at radius 2 is 1.31 bits per heavy atom. The zero-order chi connectivity index (χ0) is 17.9. The highest BCUT2D eigenvalue weighted by Crippen LogP contribution is 2.32. The zero-order valence-corrected chi connectivity index (χ0v) is 15.0. The van der Waals surface area contributed by atoms with Crippen LogP contribution in [0.15, 0.2) is 85.1 Å². The maximum absolute atomic E-state index is 5.00. The number of hydrogen-bond acceptors (Lipinski definition) is 2. The fourth-order valence-corrected chi connectivity index (χ4v) is 3.09. The number of hydrogen-bond donors (Lipinski definition) is 0. The minimum absolute atomic E-state index is 0.890. The van der Waals surface area contributed by atoms with Crippen LogP contribution in [0.4, 0.5) is 0 Å². The van der Waals surface area contributed by atoms with Gasteiger partial charge in [-0.3, -0.25) is 4.98 Å². The van der Waals surface area contributed by atoms with Gasteiger partial charge in [0, 0.05) is 16.7 Å². The molecule has 0 fully saturated rings. The van der Waals surface area contributed by atoms with Crippen molar-refractivity contribution >= 4 is 0 Å². The third kappa shape index (κ3) is 3.14. The summed E-state index contributed by atoms with van der Waals surface area (Å²) in [5.74, 6) is 0. The first-order chi connectivity index (χ1) is 12.7. The first-order valence-corrected chi connectivity index (χ1v) is 8.78. The second-order valence-electron chi connectivity index (χ2n) is 6.50. The normalized spacial score (nSPS) is 10.7. The summed E-state index contributed by atoms with van der Waals surface area (Å²) in [6.07, 6.45) is 1.87. The monoisotopic (exact) mass is 336 g/mol. The van der Waals surface area contributed by atoms with Crippen molar-refractivity contribution in [1.82, 2.24) is 9.97 Å². The zero-order valence-electron chi connectivity index (χ0n) is 15.0. The third-order valence-corrected chi connectivity index (χ3v) is 4.57. The van der Waals surface area contributed by atoms with Gasteiger partial charge >= 0.3 is 0 Å². The van der Waals surface area contributed by atoms with Gasteiger partial charge < -0.3 is 0 Å². The minimum Gasteiger partial charge on any atom is -0.252 e. The Morgan fingerprint density at radius 1 is 0.615 bits per heavy atom. The van der Waals surface area contributed by atoms with E-state index < -0.39 is 0 Å². The van der Waals surface area contributed by atoms with Gasteiger partial charge in [-0.05, 0) is 19.4 Å². The van der Waals surface area contributed by atoms with Crippen molar-refractivity contribution in [2.75, 3.05) is 0 Å². The van der Waals surface area contributed by atoms with Gasteiger partial charge in [-0.2, -0.15) is 0 Å². The number of rotatable bonds is 3. The van der Waals surface area contributed by atoms with E-state index in [9.17, 15) is 0 Å². The van der Waals surface area contributed by atoms with E-state index >= 15 is 0 Å². The van der Waals surface area contributed by atoms with Gasteiger partial charge in [-0.15, -0.1) is 0 Å². The molecule has 0 unspecified atom stereocenters. The molecule has 0 bridgehead atoms. The van der Waals surface area contributed by atoms with Crippen molar-refractivity contribution < 1.29 is 0 Å². The highest BCUT2D eigenvalue weighted by atomic mass is 14.8. The Balaban J connectivity index is 1.92. The molecule has 1 heterocycles. The molecule has 1 aromatic heterocycles. The second kappa shape index (κ2) is 6.93. The molecule has 26 heavy (non-hydrogen) atoms. The molecule has 0 atom stereocenters. The van der Waals surface area contributed by atoms with Gasteiger partial charge in [0.2, 0.25) is 0 Å². The molecule has 0 saturated carbocycles. The lowest BCUT2D eigenvalue weighted by Gasteiger charge is -2.12. The van der Waals surface area contributed by atoms with Crippen LogP contribution in [-0.2, 0) is 0 Å². The van der Waals surface area contributed by atoms with E-state index in [0.29, 0.717) is 0 Å². The Hall–Kier alpha value is -3.26. The molecule has 0 saturated heterocycles. The van der Waals surface area contributed by atoms with Crippen LogP contribution in [0.25, 0.3) is 33.8 Å². The van der Waals surface area contributed by atoms with Crippen LogP contribution < -0.4 is 0 Å². The standard InChI is InChI=1S/C24H20N2/c1-17-12-14-19(15-13-17)22-16-25-24(21-11-7-6-8-18(21)2)23(26-22)20-9-4-3-5-10-20/h3-16H,1-2H3. The van der Waals surface area contributed by atoms with Gasteiger partial charge in [-0.25, -0.2) is 4.98 Å². The first-order valence-electron chi connectivity index (χ1n) is 8.78. The summed E-state index contributed by atoms with van der Waals surface area (Å²) >= 11 is 0. The van der Waals surface area contributed by atoms with Crippen molar-refractivity contribution in [3.05, 3.63) is 96.2 Å². The van der Waals surface area contributed by atoms with Crippen LogP contribution >= 0.6 is 0 Å². The molecule has 126 valence electrons. The molecule has 0 N–H and O–H groups in total. The lowest BCUT2D eigenvalue weighted by molar-refractivity contribution is 1.20. The first kappa shape index (κ1) is 16.2. The maximum Gasteiger partial charge on any atom is 0.0972 e. The fraction of sp³-hybridized carbons (Fsp3) is 0.0833. The summed E-state index contributed by atoms with van der Waals surface area (Å²) in [5.41, 5.74) is 8.44. The largest absolute Gasteiger partial charge is 0.252 e. The highest BCUT2D eigenvalue weighted by Gasteiger charge is 2.14. The van der Waals surface area contributed by atoms with Gasteiger partial charge in [0.1, 0.15) is 0 Å². The molecule has 0 amide bonds. The maximum atomic E-state index is 5.00. The van der Waals surface area contributed by atoms with Crippen molar-refractivity contribution in [3.8, 4) is 33.8 Å². The summed E-state index contributed by atoms with van der Waals surface area (Å²) in [4.78, 5) is 9.82. The van der Waals surface area contributed by atoms with Crippen molar-refractivity contribution in [2.45, 2.75) is 13.8 Å². The Bertz CT molecular complexity index is 1040. The molecular weight excluding hydrogens is 316 g/mol. The van der Waals surface area contributed by atoms with Gasteiger partial charge in [0.05, 0.1) is 23.3 Å². The summed E-state index contributed by atoms with van der Waals surface area (Å²) in [6.45, 7) is 4.20. The average Bonchev–Trinajstić information content (AvgIpc) is 2.69. The van der Waals surface area contributed by atoms with E-state index in [-0.39, 0.29) is 0 Å². The summed E-state index contributed by atoms with van der Waals surface area (Å²) < 4.78 is 0. The fourth-order valence-electron chi connectivity index (χ4n) is 3.09. The molecular formula is C24H20N2. The predicted octanol–water partition coefficient (Wildman–Crippen LogP) is 6.09. The Morgan fingerprint density at radius 3 is 2.04 bits per heavy atom. The van der Waals surface area contributed by atoms with E-state index in [4.69, 9.17) is 9.97 Å². The van der Waals surface area contributed by atoms with E-state index in [1.807, 2.05) is 30.5 Å².